The molecule has 2 fully saturated rings. The lowest BCUT2D eigenvalue weighted by Gasteiger charge is -2.33. The minimum Gasteiger partial charge on any atom is -0.481 e. The van der Waals surface area contributed by atoms with Crippen molar-refractivity contribution in [2.24, 2.45) is 11.8 Å². The Morgan fingerprint density at radius 1 is 0.382 bits per heavy atom. The Labute approximate surface area is 585 Å². The van der Waals surface area contributed by atoms with E-state index in [1.54, 1.807) is 56.0 Å². The number of carboxylic acid groups (broad SMARTS) is 9. The Morgan fingerprint density at radius 2 is 0.794 bits per heavy atom. The second kappa shape index (κ2) is 44.2. The third-order valence-electron chi connectivity index (χ3n) is 17.2. The molecule has 4 rings (SSSR count). The van der Waals surface area contributed by atoms with Gasteiger partial charge in [-0.1, -0.05) is 42.5 Å². The molecule has 0 radical (unpaired) electrons. The molecule has 1 saturated heterocycles. The van der Waals surface area contributed by atoms with Crippen LogP contribution in [0.15, 0.2) is 42.5 Å². The quantitative estimate of drug-likeness (QED) is 0.0321. The summed E-state index contributed by atoms with van der Waals surface area (Å²) in [5.41, 5.74) is 0.527. The van der Waals surface area contributed by atoms with E-state index in [9.17, 15) is 118 Å². The van der Waals surface area contributed by atoms with Crippen LogP contribution in [0.5, 0.6) is 0 Å². The van der Waals surface area contributed by atoms with E-state index < -0.39 is 183 Å². The Balaban J connectivity index is 1.44. The number of aliphatic carboxylic acids is 9. The van der Waals surface area contributed by atoms with Gasteiger partial charge in [-0.15, -0.1) is 0 Å². The SMILES string of the molecule is O=C(O)CCC[C@H](NC(=O)[C@H](CCC(=O)O)NC(=O)[C@H]1CC[C@H](CNC(=O)CN2CCN(CC(=O)O)CCN(CC(=O)O)CCN(CC(=O)O)CC2)CC1)C(=O)N[C@@H](CCC(=O)O)C(=O)NC(Cc1ccc2ccccc2c1)C(=O)NCCCC[C@H](NC(=O)N[C@@H](CCC(=O)O)C(=O)O)C(=O)O. The zero-order valence-corrected chi connectivity index (χ0v) is 56.4. The van der Waals surface area contributed by atoms with E-state index >= 15 is 0 Å². The molecule has 37 nitrogen and oxygen atoms in total. The highest BCUT2D eigenvalue weighted by atomic mass is 16.4. The molecule has 8 amide bonds. The van der Waals surface area contributed by atoms with Crippen LogP contribution in [-0.4, -0.2) is 289 Å². The summed E-state index contributed by atoms with van der Waals surface area (Å²) >= 11 is 0. The van der Waals surface area contributed by atoms with Crippen molar-refractivity contribution in [3.05, 3.63) is 48.0 Å². The van der Waals surface area contributed by atoms with E-state index in [1.165, 1.54) is 0 Å². The molecular formula is C65H94N12O25. The molecule has 0 aromatic heterocycles. The van der Waals surface area contributed by atoms with Crippen LogP contribution < -0.4 is 42.5 Å². The van der Waals surface area contributed by atoms with Gasteiger partial charge in [0, 0.05) is 103 Å². The van der Waals surface area contributed by atoms with E-state index in [4.69, 9.17) is 5.11 Å². The number of urea groups is 1. The number of hydrogen-bond donors (Lipinski definition) is 17. The first kappa shape index (κ1) is 84.3. The van der Waals surface area contributed by atoms with E-state index in [1.807, 2.05) is 11.4 Å². The standard InChI is InChI=1S/C65H94N12O25/c78-50(35-74-24-26-75(36-55(87)88)28-30-77(38-57(91)92)31-29-76(27-25-74)37-56(89)90)67-34-39-11-15-42(16-12-39)58(93)68-45(17-20-52(81)82)61(96)69-44(9-5-10-51(79)80)60(95)70-46(18-21-53(83)84)62(97)71-49(33-40-13-14-41-6-1-2-7-43(41)32-40)59(94)66-23-4-3-8-47(63(98)99)72-65(102)73-48(64(100)101)19-22-54(85)86/h1-2,6-7,13-14,32,39,42,44-49H,3-5,8-12,15-31,33-38H2,(H,66,94)(H,67,78)(H,68,93)(H,69,96)(H,70,95)(H,71,97)(H,79,80)(H,81,82)(H,83,84)(H,85,86)(H,87,88)(H,89,90)(H,91,92)(H,98,99)(H,100,101)(H2,72,73,102)/t39-,42-,44-,45-,46-,47-,48-,49?/m0/s1. The van der Waals surface area contributed by atoms with Crippen LogP contribution in [0.1, 0.15) is 108 Å². The summed E-state index contributed by atoms with van der Waals surface area (Å²) in [6, 6.07) is 1.51. The Bertz CT molecular complexity index is 3230. The first-order chi connectivity index (χ1) is 48.3. The number of unbranched alkanes of at least 4 members (excludes halogenated alkanes) is 1. The molecule has 1 aliphatic carbocycles. The molecule has 0 spiro atoms. The second-order valence-corrected chi connectivity index (χ2v) is 25.2. The predicted molar refractivity (Wildman–Crippen MR) is 356 cm³/mol. The first-order valence-corrected chi connectivity index (χ1v) is 33.5. The number of carbonyl (C=O) groups excluding carboxylic acids is 7. The topological polar surface area (TPSA) is 564 Å². The second-order valence-electron chi connectivity index (χ2n) is 25.2. The molecule has 17 N–H and O–H groups in total. The smallest absolute Gasteiger partial charge is 0.326 e. The molecule has 1 aliphatic heterocycles. The zero-order valence-electron chi connectivity index (χ0n) is 56.4. The fourth-order valence-electron chi connectivity index (χ4n) is 11.6. The number of benzene rings is 2. The third kappa shape index (κ3) is 33.4. The Morgan fingerprint density at radius 3 is 1.25 bits per heavy atom. The molecule has 1 heterocycles. The summed E-state index contributed by atoms with van der Waals surface area (Å²) in [7, 11) is 0. The lowest BCUT2D eigenvalue weighted by atomic mass is 9.81. The minimum atomic E-state index is -1.75. The molecule has 1 unspecified atom stereocenters. The number of carbonyl (C=O) groups is 16. The Kier molecular flexibility index (Phi) is 36.5. The van der Waals surface area contributed by atoms with Gasteiger partial charge in [0.25, 0.3) is 0 Å². The van der Waals surface area contributed by atoms with Crippen LogP contribution in [0.25, 0.3) is 10.8 Å². The van der Waals surface area contributed by atoms with Gasteiger partial charge in [-0.05, 0) is 99.3 Å². The number of nitrogens with one attached hydrogen (secondary N) is 8. The van der Waals surface area contributed by atoms with Crippen LogP contribution in [0.2, 0.25) is 0 Å². The van der Waals surface area contributed by atoms with Crippen molar-refractivity contribution in [2.75, 3.05) is 91.6 Å². The normalized spacial score (nSPS) is 17.5. The number of rotatable bonds is 43. The average Bonchev–Trinajstić information content (AvgIpc) is 0.901. The van der Waals surface area contributed by atoms with Gasteiger partial charge in [-0.3, -0.25) is 81.9 Å². The van der Waals surface area contributed by atoms with Gasteiger partial charge in [-0.25, -0.2) is 14.4 Å². The van der Waals surface area contributed by atoms with E-state index in [0.717, 1.165) is 10.8 Å². The van der Waals surface area contributed by atoms with Crippen LogP contribution in [-0.2, 0) is 78.3 Å². The Hall–Kier alpha value is -10.1. The molecule has 1 saturated carbocycles. The number of fused-ring (bicyclic) bond motifs is 1. The van der Waals surface area contributed by atoms with Crippen molar-refractivity contribution in [2.45, 2.75) is 145 Å². The monoisotopic (exact) mass is 1440 g/mol. The zero-order chi connectivity index (χ0) is 75.4. The largest absolute Gasteiger partial charge is 0.481 e. The molecule has 564 valence electrons. The van der Waals surface area contributed by atoms with Crippen molar-refractivity contribution >= 4 is 106 Å². The molecule has 2 aliphatic rings. The molecule has 6 atom stereocenters. The summed E-state index contributed by atoms with van der Waals surface area (Å²) in [5, 5.41) is 107. The predicted octanol–water partition coefficient (Wildman–Crippen LogP) is -1.94. The van der Waals surface area contributed by atoms with Crippen LogP contribution in [0.4, 0.5) is 4.79 Å². The minimum absolute atomic E-state index is 0.0434. The number of hydrogen-bond acceptors (Lipinski definition) is 20. The summed E-state index contributed by atoms with van der Waals surface area (Å²) in [5.74, 6) is -17.7. The van der Waals surface area contributed by atoms with E-state index in [-0.39, 0.29) is 148 Å². The van der Waals surface area contributed by atoms with Gasteiger partial charge in [0.05, 0.1) is 26.2 Å². The summed E-state index contributed by atoms with van der Waals surface area (Å²) < 4.78 is 0. The van der Waals surface area contributed by atoms with E-state index in [0.29, 0.717) is 18.4 Å². The van der Waals surface area contributed by atoms with Crippen molar-refractivity contribution in [3.63, 3.8) is 0 Å². The maximum atomic E-state index is 14.4. The summed E-state index contributed by atoms with van der Waals surface area (Å²) in [6.45, 7) is 0.452. The maximum absolute atomic E-state index is 14.4. The van der Waals surface area contributed by atoms with Crippen LogP contribution in [0.3, 0.4) is 0 Å². The van der Waals surface area contributed by atoms with Crippen molar-refractivity contribution in [3.8, 4) is 0 Å². The lowest BCUT2D eigenvalue weighted by molar-refractivity contribution is -0.141. The van der Waals surface area contributed by atoms with Crippen molar-refractivity contribution in [1.29, 1.82) is 0 Å². The van der Waals surface area contributed by atoms with Gasteiger partial charge in [0.1, 0.15) is 36.3 Å². The molecule has 37 heteroatoms. The molecule has 102 heavy (non-hydrogen) atoms. The first-order valence-electron chi connectivity index (χ1n) is 33.5. The summed E-state index contributed by atoms with van der Waals surface area (Å²) in [4.78, 5) is 209. The van der Waals surface area contributed by atoms with Gasteiger partial charge < -0.3 is 88.5 Å². The fourth-order valence-corrected chi connectivity index (χ4v) is 11.6. The molecule has 2 aromatic carbocycles. The average molecular weight is 1440 g/mol. The number of amides is 8. The highest BCUT2D eigenvalue weighted by Crippen LogP contribution is 2.29. The van der Waals surface area contributed by atoms with Gasteiger partial charge in [0.15, 0.2) is 0 Å². The number of carboxylic acids is 9. The summed E-state index contributed by atoms with van der Waals surface area (Å²) in [6.07, 6.45) is -3.71. The molecule has 0 bridgehead atoms. The fraction of sp³-hybridized carbons (Fsp3) is 0.600. The van der Waals surface area contributed by atoms with Crippen LogP contribution in [0, 0.1) is 11.8 Å². The molecule has 2 aromatic rings. The molecular weight excluding hydrogens is 1350 g/mol. The number of nitrogens with zero attached hydrogens (tertiary/aromatic N) is 4. The highest BCUT2D eigenvalue weighted by molar-refractivity contribution is 5.96. The third-order valence-corrected chi connectivity index (χ3v) is 17.2. The van der Waals surface area contributed by atoms with Crippen LogP contribution >= 0.6 is 0 Å². The lowest BCUT2D eigenvalue weighted by Crippen LogP contribution is -2.58. The highest BCUT2D eigenvalue weighted by Gasteiger charge is 2.35. The van der Waals surface area contributed by atoms with Crippen molar-refractivity contribution < 1.29 is 123 Å². The van der Waals surface area contributed by atoms with Gasteiger partial charge >= 0.3 is 59.8 Å². The maximum Gasteiger partial charge on any atom is 0.326 e. The van der Waals surface area contributed by atoms with Crippen molar-refractivity contribution in [1.82, 2.24) is 62.1 Å². The van der Waals surface area contributed by atoms with Gasteiger partial charge in [-0.2, -0.15) is 0 Å². The van der Waals surface area contributed by atoms with E-state index in [2.05, 4.69) is 37.2 Å². The van der Waals surface area contributed by atoms with Gasteiger partial charge in [0.2, 0.25) is 35.4 Å².